The second kappa shape index (κ2) is 6.33. The van der Waals surface area contributed by atoms with Crippen LogP contribution >= 0.6 is 0 Å². The van der Waals surface area contributed by atoms with Gasteiger partial charge in [0.25, 0.3) is 0 Å². The Morgan fingerprint density at radius 3 is 2.28 bits per heavy atom. The molecular formula is C16H26FN. The van der Waals surface area contributed by atoms with Gasteiger partial charge >= 0.3 is 0 Å². The van der Waals surface area contributed by atoms with E-state index < -0.39 is 0 Å². The van der Waals surface area contributed by atoms with Gasteiger partial charge in [-0.05, 0) is 29.4 Å². The second-order valence-electron chi connectivity index (χ2n) is 6.11. The summed E-state index contributed by atoms with van der Waals surface area (Å²) in [5, 5.41) is 3.48. The highest BCUT2D eigenvalue weighted by atomic mass is 19.1. The first-order chi connectivity index (χ1) is 8.35. The molecule has 0 saturated heterocycles. The zero-order valence-electron chi connectivity index (χ0n) is 12.3. The quantitative estimate of drug-likeness (QED) is 0.805. The molecule has 0 heterocycles. The molecule has 1 rings (SSSR count). The fourth-order valence-electron chi connectivity index (χ4n) is 1.98. The van der Waals surface area contributed by atoms with Crippen LogP contribution < -0.4 is 5.32 Å². The first-order valence-electron chi connectivity index (χ1n) is 6.82. The van der Waals surface area contributed by atoms with Crippen molar-refractivity contribution in [2.24, 2.45) is 11.3 Å². The summed E-state index contributed by atoms with van der Waals surface area (Å²) in [5.74, 6) is 0.414. The Bertz CT molecular complexity index is 373. The van der Waals surface area contributed by atoms with Gasteiger partial charge in [0, 0.05) is 12.6 Å². The molecule has 0 aliphatic heterocycles. The van der Waals surface area contributed by atoms with Crippen molar-refractivity contribution >= 4 is 0 Å². The molecule has 0 aromatic heterocycles. The summed E-state index contributed by atoms with van der Waals surface area (Å²) in [6.07, 6.45) is 0.775. The molecule has 1 aromatic rings. The van der Waals surface area contributed by atoms with E-state index in [-0.39, 0.29) is 11.2 Å². The Balaban J connectivity index is 2.83. The predicted octanol–water partition coefficient (Wildman–Crippen LogP) is 4.03. The van der Waals surface area contributed by atoms with Crippen molar-refractivity contribution in [2.75, 3.05) is 6.54 Å². The van der Waals surface area contributed by atoms with E-state index in [1.807, 2.05) is 12.1 Å². The summed E-state index contributed by atoms with van der Waals surface area (Å²) in [5.41, 5.74) is 0.895. The number of nitrogens with one attached hydrogen (secondary N) is 1. The average molecular weight is 251 g/mol. The third kappa shape index (κ3) is 4.09. The number of rotatable bonds is 6. The Hall–Kier alpha value is -0.890. The fraction of sp³-hybridized carbons (Fsp3) is 0.625. The van der Waals surface area contributed by atoms with Crippen LogP contribution in [0.3, 0.4) is 0 Å². The summed E-state index contributed by atoms with van der Waals surface area (Å²) >= 11 is 0. The van der Waals surface area contributed by atoms with Crippen LogP contribution in [0.5, 0.6) is 0 Å². The van der Waals surface area contributed by atoms with Gasteiger partial charge in [-0.3, -0.25) is 0 Å². The minimum atomic E-state index is -0.0890. The predicted molar refractivity (Wildman–Crippen MR) is 76.2 cm³/mol. The van der Waals surface area contributed by atoms with Gasteiger partial charge in [0.05, 0.1) is 0 Å². The lowest BCUT2D eigenvalue weighted by molar-refractivity contribution is 0.200. The van der Waals surface area contributed by atoms with Gasteiger partial charge in [-0.1, -0.05) is 52.8 Å². The largest absolute Gasteiger partial charge is 0.314 e. The van der Waals surface area contributed by atoms with Crippen molar-refractivity contribution in [3.8, 4) is 0 Å². The third-order valence-electron chi connectivity index (χ3n) is 3.86. The lowest BCUT2D eigenvalue weighted by Crippen LogP contribution is -2.40. The maximum atomic E-state index is 13.8. The van der Waals surface area contributed by atoms with Crippen molar-refractivity contribution < 1.29 is 4.39 Å². The van der Waals surface area contributed by atoms with Gasteiger partial charge < -0.3 is 5.32 Å². The third-order valence-corrected chi connectivity index (χ3v) is 3.86. The first kappa shape index (κ1) is 15.2. The second-order valence-corrected chi connectivity index (χ2v) is 6.11. The Labute approximate surface area is 111 Å². The molecule has 0 amide bonds. The molecule has 1 N–H and O–H groups in total. The molecule has 102 valence electrons. The molecule has 1 atom stereocenters. The van der Waals surface area contributed by atoms with Gasteiger partial charge in [0.1, 0.15) is 5.82 Å². The molecule has 18 heavy (non-hydrogen) atoms. The zero-order chi connectivity index (χ0) is 13.8. The van der Waals surface area contributed by atoms with Crippen LogP contribution in [0.2, 0.25) is 0 Å². The molecule has 0 fully saturated rings. The smallest absolute Gasteiger partial charge is 0.126 e. The van der Waals surface area contributed by atoms with E-state index in [4.69, 9.17) is 0 Å². The minimum Gasteiger partial charge on any atom is -0.314 e. The topological polar surface area (TPSA) is 12.0 Å². The fourth-order valence-corrected chi connectivity index (χ4v) is 1.98. The van der Waals surface area contributed by atoms with Gasteiger partial charge in [-0.15, -0.1) is 0 Å². The number of benzene rings is 1. The molecule has 0 saturated carbocycles. The van der Waals surface area contributed by atoms with Crippen LogP contribution in [-0.2, 0) is 6.42 Å². The van der Waals surface area contributed by atoms with Crippen molar-refractivity contribution in [3.63, 3.8) is 0 Å². The molecule has 0 spiro atoms. The molecule has 0 bridgehead atoms. The summed E-state index contributed by atoms with van der Waals surface area (Å²) in [6.45, 7) is 11.9. The van der Waals surface area contributed by atoms with Crippen molar-refractivity contribution in [2.45, 2.75) is 47.1 Å². The van der Waals surface area contributed by atoms with E-state index in [2.05, 4.69) is 39.9 Å². The SMILES string of the molecule is CC(C)NCC(C)(Cc1ccccc1F)C(C)C. The molecule has 0 aliphatic rings. The van der Waals surface area contributed by atoms with Crippen LogP contribution in [0.1, 0.15) is 40.2 Å². The summed E-state index contributed by atoms with van der Waals surface area (Å²) in [7, 11) is 0. The molecule has 2 heteroatoms. The van der Waals surface area contributed by atoms with Crippen LogP contribution in [0, 0.1) is 17.2 Å². The summed E-state index contributed by atoms with van der Waals surface area (Å²) in [6, 6.07) is 7.56. The van der Waals surface area contributed by atoms with E-state index in [1.165, 1.54) is 0 Å². The van der Waals surface area contributed by atoms with Gasteiger partial charge in [-0.25, -0.2) is 4.39 Å². The molecule has 1 nitrogen and oxygen atoms in total. The molecule has 0 radical (unpaired) electrons. The normalized spacial score (nSPS) is 15.1. The van der Waals surface area contributed by atoms with E-state index in [0.717, 1.165) is 18.5 Å². The molecule has 1 aromatic carbocycles. The lowest BCUT2D eigenvalue weighted by Gasteiger charge is -2.35. The van der Waals surface area contributed by atoms with Crippen LogP contribution in [0.25, 0.3) is 0 Å². The summed E-state index contributed by atoms with van der Waals surface area (Å²) < 4.78 is 13.8. The van der Waals surface area contributed by atoms with Crippen molar-refractivity contribution in [3.05, 3.63) is 35.6 Å². The number of halogens is 1. The Kier molecular flexibility index (Phi) is 5.33. The Morgan fingerprint density at radius 1 is 1.17 bits per heavy atom. The van der Waals surface area contributed by atoms with Crippen molar-refractivity contribution in [1.82, 2.24) is 5.32 Å². The van der Waals surface area contributed by atoms with E-state index in [1.54, 1.807) is 12.1 Å². The van der Waals surface area contributed by atoms with Gasteiger partial charge in [0.15, 0.2) is 0 Å². The monoisotopic (exact) mass is 251 g/mol. The van der Waals surface area contributed by atoms with Gasteiger partial charge in [-0.2, -0.15) is 0 Å². The first-order valence-corrected chi connectivity index (χ1v) is 6.82. The lowest BCUT2D eigenvalue weighted by atomic mass is 9.74. The molecule has 1 unspecified atom stereocenters. The average Bonchev–Trinajstić information content (AvgIpc) is 2.29. The van der Waals surface area contributed by atoms with E-state index in [9.17, 15) is 4.39 Å². The van der Waals surface area contributed by atoms with Crippen LogP contribution in [-0.4, -0.2) is 12.6 Å². The highest BCUT2D eigenvalue weighted by molar-refractivity contribution is 5.19. The van der Waals surface area contributed by atoms with Crippen LogP contribution in [0.15, 0.2) is 24.3 Å². The zero-order valence-corrected chi connectivity index (χ0v) is 12.3. The molecular weight excluding hydrogens is 225 g/mol. The number of hydrogen-bond acceptors (Lipinski definition) is 1. The standard InChI is InChI=1S/C16H26FN/c1-12(2)16(5,11-18-13(3)4)10-14-8-6-7-9-15(14)17/h6-9,12-13,18H,10-11H2,1-5H3. The van der Waals surface area contributed by atoms with Gasteiger partial charge in [0.2, 0.25) is 0 Å². The maximum Gasteiger partial charge on any atom is 0.126 e. The minimum absolute atomic E-state index is 0.0759. The summed E-state index contributed by atoms with van der Waals surface area (Å²) in [4.78, 5) is 0. The van der Waals surface area contributed by atoms with Crippen molar-refractivity contribution in [1.29, 1.82) is 0 Å². The highest BCUT2D eigenvalue weighted by Crippen LogP contribution is 2.31. The molecule has 0 aliphatic carbocycles. The van der Waals surface area contributed by atoms with E-state index in [0.29, 0.717) is 12.0 Å². The number of hydrogen-bond donors (Lipinski definition) is 1. The Morgan fingerprint density at radius 2 is 1.78 bits per heavy atom. The maximum absolute atomic E-state index is 13.8. The van der Waals surface area contributed by atoms with E-state index >= 15 is 0 Å². The van der Waals surface area contributed by atoms with Crippen LogP contribution in [0.4, 0.5) is 4.39 Å². The highest BCUT2D eigenvalue weighted by Gasteiger charge is 2.29.